The Kier molecular flexibility index (Phi) is 27.4. The molecule has 0 heterocycles. The molecule has 8 heteroatoms. The largest absolute Gasteiger partial charge is 2.00 e. The van der Waals surface area contributed by atoms with E-state index in [1.54, 1.807) is 0 Å². The van der Waals surface area contributed by atoms with Gasteiger partial charge in [-0.05, 0) is 0 Å². The third kappa shape index (κ3) is 68.7. The van der Waals surface area contributed by atoms with Gasteiger partial charge in [0.1, 0.15) is 0 Å². The Hall–Kier alpha value is 2.78. The van der Waals surface area contributed by atoms with Gasteiger partial charge in [-0.15, -0.1) is 0 Å². The van der Waals surface area contributed by atoms with Crippen LogP contribution in [0.4, 0.5) is 0 Å². The first-order valence-electron chi connectivity index (χ1n) is 0.894. The SMILES string of the molecule is O[Si](O)(O)O.[AlH3].[Ba+2].[H-].[H-].[Zn]. The van der Waals surface area contributed by atoms with Crippen molar-refractivity contribution in [3.05, 3.63) is 0 Å². The summed E-state index contributed by atoms with van der Waals surface area (Å²) in [5.74, 6) is 0. The van der Waals surface area contributed by atoms with E-state index in [1.165, 1.54) is 0 Å². The van der Waals surface area contributed by atoms with Crippen LogP contribution in [0.2, 0.25) is 0 Å². The van der Waals surface area contributed by atoms with E-state index in [0.717, 1.165) is 0 Å². The summed E-state index contributed by atoms with van der Waals surface area (Å²) in [6, 6.07) is 0. The van der Waals surface area contributed by atoms with Gasteiger partial charge in [0.05, 0.1) is 0 Å². The zero-order chi connectivity index (χ0) is 4.50. The van der Waals surface area contributed by atoms with E-state index in [9.17, 15) is 0 Å². The van der Waals surface area contributed by atoms with Gasteiger partial charge in [0, 0.05) is 19.5 Å². The molecule has 0 aliphatic carbocycles. The molecule has 0 rings (SSSR count). The first kappa shape index (κ1) is 22.4. The fraction of sp³-hybridized carbons (Fsp3) is 0. The van der Waals surface area contributed by atoms with Crippen molar-refractivity contribution in [3.63, 3.8) is 0 Å². The molecule has 0 radical (unpaired) electrons. The Balaban J connectivity index is -0.00000000800. The Morgan fingerprint density at radius 1 is 1.00 bits per heavy atom. The van der Waals surface area contributed by atoms with Crippen LogP contribution in [0.25, 0.3) is 0 Å². The molecular formula is H9AlBaO4SiZn. The molecule has 0 amide bonds. The summed E-state index contributed by atoms with van der Waals surface area (Å²) in [6.07, 6.45) is 0. The topological polar surface area (TPSA) is 80.9 Å². The van der Waals surface area contributed by atoms with Gasteiger partial charge in [-0.25, -0.2) is 0 Å². The summed E-state index contributed by atoms with van der Waals surface area (Å²) >= 11 is 0. The minimum absolute atomic E-state index is 0. The maximum Gasteiger partial charge on any atom is 2.00 e. The second kappa shape index (κ2) is 9.78. The van der Waals surface area contributed by atoms with Crippen LogP contribution in [0.1, 0.15) is 2.85 Å². The molecule has 4 nitrogen and oxygen atoms in total. The van der Waals surface area contributed by atoms with E-state index in [0.29, 0.717) is 0 Å². The van der Waals surface area contributed by atoms with Crippen molar-refractivity contribution in [2.45, 2.75) is 0 Å². The van der Waals surface area contributed by atoms with Gasteiger partial charge in [-0.2, -0.15) is 0 Å². The van der Waals surface area contributed by atoms with Crippen molar-refractivity contribution in [1.29, 1.82) is 0 Å². The van der Waals surface area contributed by atoms with Crippen LogP contribution < -0.4 is 0 Å². The van der Waals surface area contributed by atoms with E-state index in [2.05, 4.69) is 0 Å². The molecule has 0 bridgehead atoms. The third-order valence-electron chi connectivity index (χ3n) is 0. The van der Waals surface area contributed by atoms with Crippen molar-refractivity contribution in [2.24, 2.45) is 0 Å². The Morgan fingerprint density at radius 2 is 1.00 bits per heavy atom. The summed E-state index contributed by atoms with van der Waals surface area (Å²) in [6.45, 7) is 0. The van der Waals surface area contributed by atoms with Gasteiger partial charge in [-0.3, -0.25) is 0 Å². The normalized spacial score (nSPS) is 7.50. The average Bonchev–Trinajstić information content (AvgIpc) is 0.722. The predicted octanol–water partition coefficient (Wildman–Crippen LogP) is -3.95. The molecule has 0 aromatic heterocycles. The van der Waals surface area contributed by atoms with Gasteiger partial charge in [0.15, 0.2) is 17.4 Å². The predicted molar refractivity (Wildman–Crippen MR) is 32.5 cm³/mol. The van der Waals surface area contributed by atoms with Crippen molar-refractivity contribution >= 4 is 75.3 Å². The summed E-state index contributed by atoms with van der Waals surface area (Å²) in [4.78, 5) is 29.3. The minimum Gasteiger partial charge on any atom is -1.00 e. The van der Waals surface area contributed by atoms with E-state index < -0.39 is 9.05 Å². The van der Waals surface area contributed by atoms with E-state index in [-0.39, 0.29) is 88.6 Å². The molecule has 0 aliphatic heterocycles. The molecule has 0 fully saturated rings. The van der Waals surface area contributed by atoms with Gasteiger partial charge in [0.2, 0.25) is 0 Å². The molecule has 4 N–H and O–H groups in total. The van der Waals surface area contributed by atoms with Crippen LogP contribution in [0.3, 0.4) is 0 Å². The molecule has 0 saturated heterocycles. The zero-order valence-corrected chi connectivity index (χ0v) is 12.1. The number of hydrogen-bond donors (Lipinski definition) is 4. The molecule has 0 aliphatic rings. The van der Waals surface area contributed by atoms with Crippen LogP contribution in [-0.2, 0) is 19.5 Å². The van der Waals surface area contributed by atoms with Crippen molar-refractivity contribution in [2.75, 3.05) is 0 Å². The van der Waals surface area contributed by atoms with Crippen LogP contribution in [0.5, 0.6) is 0 Å². The summed E-state index contributed by atoms with van der Waals surface area (Å²) in [5, 5.41) is 0. The fourth-order valence-electron chi connectivity index (χ4n) is 0. The van der Waals surface area contributed by atoms with Gasteiger partial charge in [0.25, 0.3) is 0 Å². The van der Waals surface area contributed by atoms with E-state index in [1.807, 2.05) is 0 Å². The van der Waals surface area contributed by atoms with Crippen molar-refractivity contribution in [3.8, 4) is 0 Å². The molecule has 0 spiro atoms. The average molecular weight is 331 g/mol. The number of rotatable bonds is 0. The molecule has 0 saturated carbocycles. The Bertz CT molecular complexity index is 38.7. The van der Waals surface area contributed by atoms with Crippen LogP contribution >= 0.6 is 0 Å². The third-order valence-corrected chi connectivity index (χ3v) is 0. The van der Waals surface area contributed by atoms with Gasteiger partial charge >= 0.3 is 57.9 Å². The molecule has 0 unspecified atom stereocenters. The summed E-state index contributed by atoms with van der Waals surface area (Å²) in [5.41, 5.74) is 0. The smallest absolute Gasteiger partial charge is 1.00 e. The minimum atomic E-state index is -4.61. The monoisotopic (exact) mass is 330 g/mol. The van der Waals surface area contributed by atoms with E-state index in [4.69, 9.17) is 19.2 Å². The Morgan fingerprint density at radius 3 is 1.00 bits per heavy atom. The first-order chi connectivity index (χ1) is 2.00. The molecular weight excluding hydrogens is 322 g/mol. The summed E-state index contributed by atoms with van der Waals surface area (Å²) < 4.78 is 0. The summed E-state index contributed by atoms with van der Waals surface area (Å²) in [7, 11) is -4.61. The maximum atomic E-state index is 7.33. The van der Waals surface area contributed by atoms with Crippen molar-refractivity contribution < 1.29 is 41.5 Å². The second-order valence-electron chi connectivity index (χ2n) is 0.600. The van der Waals surface area contributed by atoms with Gasteiger partial charge < -0.3 is 22.0 Å². The standard InChI is InChI=1S/Al.Ba.H4O4Si.Zn.5H/c;;1-5(2,3)4;;;;;;/h;;1-4H;;;;;;/q;+2;;;;;;2*-1. The van der Waals surface area contributed by atoms with Crippen molar-refractivity contribution in [1.82, 2.24) is 0 Å². The molecule has 8 heavy (non-hydrogen) atoms. The number of hydrogen-bond acceptors (Lipinski definition) is 4. The van der Waals surface area contributed by atoms with E-state index >= 15 is 0 Å². The molecule has 0 aromatic rings. The fourth-order valence-corrected chi connectivity index (χ4v) is 0. The van der Waals surface area contributed by atoms with Crippen LogP contribution in [-0.4, -0.2) is 94.5 Å². The van der Waals surface area contributed by atoms with Crippen LogP contribution in [0, 0.1) is 0 Å². The van der Waals surface area contributed by atoms with Gasteiger partial charge in [-0.1, -0.05) is 0 Å². The quantitative estimate of drug-likeness (QED) is 0.342. The maximum absolute atomic E-state index is 7.33. The zero-order valence-electron chi connectivity index (χ0n) is 5.70. The Labute approximate surface area is 115 Å². The molecule has 0 atom stereocenters. The second-order valence-corrected chi connectivity index (χ2v) is 1.80. The van der Waals surface area contributed by atoms with Crippen LogP contribution in [0.15, 0.2) is 0 Å². The molecule has 0 aromatic carbocycles. The molecule has 44 valence electrons. The first-order valence-corrected chi connectivity index (χ1v) is 2.68.